The molecule has 0 atom stereocenters. The van der Waals surface area contributed by atoms with Crippen LogP contribution in [0, 0.1) is 0 Å². The van der Waals surface area contributed by atoms with E-state index in [-0.39, 0.29) is 0 Å². The Labute approximate surface area is 67.0 Å². The third-order valence-corrected chi connectivity index (χ3v) is 1.95. The maximum atomic E-state index is 4.02. The molecule has 0 spiro atoms. The third kappa shape index (κ3) is 0.949. The number of hydrogen-bond acceptors (Lipinski definition) is 5. The van der Waals surface area contributed by atoms with E-state index in [4.69, 9.17) is 0 Å². The predicted molar refractivity (Wildman–Crippen MR) is 40.4 cm³/mol. The minimum Gasteiger partial charge on any atom is -0.240 e. The lowest BCUT2D eigenvalue weighted by Gasteiger charge is -1.97. The zero-order valence-electron chi connectivity index (χ0n) is 5.77. The molecule has 0 radical (unpaired) electrons. The summed E-state index contributed by atoms with van der Waals surface area (Å²) in [5.41, 5.74) is 0.785. The minimum atomic E-state index is 0.685. The smallest absolute Gasteiger partial charge is 0.178 e. The number of aromatic amines is 1. The van der Waals surface area contributed by atoms with Crippen LogP contribution in [0.3, 0.4) is 0 Å². The molecule has 1 N–H and O–H groups in total. The molecule has 0 aromatic carbocycles. The molecular weight excluding hydrogens is 162 g/mol. The topological polar surface area (TPSA) is 67.3 Å². The summed E-state index contributed by atoms with van der Waals surface area (Å²) in [5.74, 6) is 0.685. The summed E-state index contributed by atoms with van der Waals surface area (Å²) < 4.78 is 0. The van der Waals surface area contributed by atoms with Crippen LogP contribution >= 0.6 is 11.8 Å². The van der Waals surface area contributed by atoms with E-state index >= 15 is 0 Å². The van der Waals surface area contributed by atoms with E-state index in [0.29, 0.717) is 5.82 Å². The van der Waals surface area contributed by atoms with Crippen molar-refractivity contribution in [3.8, 4) is 11.5 Å². The van der Waals surface area contributed by atoms with Gasteiger partial charge < -0.3 is 0 Å². The highest BCUT2D eigenvalue weighted by molar-refractivity contribution is 7.98. The zero-order valence-corrected chi connectivity index (χ0v) is 6.59. The lowest BCUT2D eigenvalue weighted by Crippen LogP contribution is -1.95. The maximum absolute atomic E-state index is 4.02. The van der Waals surface area contributed by atoms with Crippen LogP contribution in [0.1, 0.15) is 0 Å². The average Bonchev–Trinajstić information content (AvgIpc) is 2.50. The van der Waals surface area contributed by atoms with Crippen molar-refractivity contribution in [3.05, 3.63) is 6.33 Å². The van der Waals surface area contributed by atoms with Gasteiger partial charge in [0.05, 0.1) is 0 Å². The summed E-state index contributed by atoms with van der Waals surface area (Å²) in [7, 11) is 0. The lowest BCUT2D eigenvalue weighted by atomic mass is 10.5. The fraction of sp³-hybridized carbons (Fsp3) is 0.200. The number of thioether (sulfide) groups is 1. The molecule has 0 unspecified atom stereocenters. The average molecular weight is 167 g/mol. The molecule has 0 aliphatic carbocycles. The Hall–Kier alpha value is -1.17. The van der Waals surface area contributed by atoms with Crippen molar-refractivity contribution >= 4 is 11.8 Å². The zero-order chi connectivity index (χ0) is 7.68. The van der Waals surface area contributed by atoms with Crippen molar-refractivity contribution in [3.63, 3.8) is 0 Å². The first kappa shape index (κ1) is 6.53. The number of fused-ring (bicyclic) bond motifs is 1. The van der Waals surface area contributed by atoms with Crippen LogP contribution in [0.15, 0.2) is 11.4 Å². The molecule has 0 aromatic heterocycles. The fourth-order valence-electron chi connectivity index (χ4n) is 0.808. The normalized spacial score (nSPS) is 10.6. The van der Waals surface area contributed by atoms with Gasteiger partial charge in [0, 0.05) is 0 Å². The molecule has 2 aliphatic rings. The van der Waals surface area contributed by atoms with Gasteiger partial charge in [0.1, 0.15) is 17.0 Å². The van der Waals surface area contributed by atoms with Crippen molar-refractivity contribution in [2.24, 2.45) is 0 Å². The monoisotopic (exact) mass is 167 g/mol. The Kier molecular flexibility index (Phi) is 1.46. The molecule has 2 heterocycles. The number of nitrogens with one attached hydrogen (secondary N) is 1. The quantitative estimate of drug-likeness (QED) is 0.623. The van der Waals surface area contributed by atoms with Crippen LogP contribution in [0.5, 0.6) is 0 Å². The van der Waals surface area contributed by atoms with Gasteiger partial charge in [0.15, 0.2) is 5.82 Å². The van der Waals surface area contributed by atoms with E-state index in [9.17, 15) is 0 Å². The molecule has 0 aromatic rings. The third-order valence-electron chi connectivity index (χ3n) is 1.29. The number of hydrogen-bond donors (Lipinski definition) is 1. The van der Waals surface area contributed by atoms with Gasteiger partial charge in [-0.1, -0.05) is 5.21 Å². The minimum absolute atomic E-state index is 0.685. The van der Waals surface area contributed by atoms with Gasteiger partial charge >= 0.3 is 0 Å². The van der Waals surface area contributed by atoms with Gasteiger partial charge in [-0.2, -0.15) is 0 Å². The molecule has 5 nitrogen and oxygen atoms in total. The maximum Gasteiger partial charge on any atom is 0.178 e. The number of imidazole rings is 1. The van der Waals surface area contributed by atoms with E-state index in [1.807, 2.05) is 6.26 Å². The van der Waals surface area contributed by atoms with E-state index in [0.717, 1.165) is 10.7 Å². The molecule has 0 saturated heterocycles. The fourth-order valence-corrected chi connectivity index (χ4v) is 1.27. The van der Waals surface area contributed by atoms with E-state index in [2.05, 4.69) is 25.4 Å². The Balaban J connectivity index is 2.66. The highest BCUT2D eigenvalue weighted by atomic mass is 32.2. The van der Waals surface area contributed by atoms with Gasteiger partial charge in [0.25, 0.3) is 0 Å². The summed E-state index contributed by atoms with van der Waals surface area (Å²) in [5, 5.41) is 11.0. The van der Waals surface area contributed by atoms with E-state index in [1.165, 1.54) is 18.1 Å². The van der Waals surface area contributed by atoms with Crippen LogP contribution in [0.4, 0.5) is 0 Å². The molecule has 0 amide bonds. The molecule has 0 saturated carbocycles. The summed E-state index contributed by atoms with van der Waals surface area (Å²) in [6.07, 6.45) is 3.42. The molecule has 6 heteroatoms. The van der Waals surface area contributed by atoms with Crippen LogP contribution in [0.25, 0.3) is 11.5 Å². The van der Waals surface area contributed by atoms with Crippen LogP contribution in [0.2, 0.25) is 0 Å². The Morgan fingerprint density at radius 3 is 3.18 bits per heavy atom. The standard InChI is InChI=1S/C5H5N5S/c1-11-5-3-4(7-2-6-3)8-10-9-5/h2H,1H3,(H,6,7,8,9). The van der Waals surface area contributed by atoms with Crippen molar-refractivity contribution in [2.45, 2.75) is 5.03 Å². The molecule has 11 heavy (non-hydrogen) atoms. The molecule has 0 fully saturated rings. The van der Waals surface area contributed by atoms with Crippen molar-refractivity contribution in [1.29, 1.82) is 0 Å². The van der Waals surface area contributed by atoms with Gasteiger partial charge in [-0.3, -0.25) is 0 Å². The second-order valence-electron chi connectivity index (χ2n) is 1.89. The van der Waals surface area contributed by atoms with Gasteiger partial charge in [-0.05, 0) is 6.26 Å². The second kappa shape index (κ2) is 2.46. The molecule has 2 aliphatic heterocycles. The van der Waals surface area contributed by atoms with E-state index < -0.39 is 0 Å². The Morgan fingerprint density at radius 1 is 1.45 bits per heavy atom. The molecule has 56 valence electrons. The highest BCUT2D eigenvalue weighted by Gasteiger charge is 2.11. The van der Waals surface area contributed by atoms with Crippen LogP contribution in [-0.2, 0) is 0 Å². The summed E-state index contributed by atoms with van der Waals surface area (Å²) in [6.45, 7) is 0. The number of aromatic nitrogens is 5. The van der Waals surface area contributed by atoms with Crippen LogP contribution in [-0.4, -0.2) is 31.6 Å². The van der Waals surface area contributed by atoms with Crippen molar-refractivity contribution in [2.75, 3.05) is 6.26 Å². The lowest BCUT2D eigenvalue weighted by molar-refractivity contribution is 0.797. The molecular formula is C5H5N5S. The first-order valence-corrected chi connectivity index (χ1v) is 4.20. The van der Waals surface area contributed by atoms with Crippen molar-refractivity contribution in [1.82, 2.24) is 25.4 Å². The molecule has 2 rings (SSSR count). The SMILES string of the molecule is CSc1nn[nH]c2ncnc1-2. The summed E-state index contributed by atoms with van der Waals surface area (Å²) in [6, 6.07) is 0. The molecule has 0 bridgehead atoms. The first-order valence-electron chi connectivity index (χ1n) is 2.97. The summed E-state index contributed by atoms with van der Waals surface area (Å²) in [4.78, 5) is 7.97. The Morgan fingerprint density at radius 2 is 2.36 bits per heavy atom. The van der Waals surface area contributed by atoms with Crippen LogP contribution < -0.4 is 0 Å². The summed E-state index contributed by atoms with van der Waals surface area (Å²) >= 11 is 1.51. The number of H-pyrrole nitrogens is 1. The van der Waals surface area contributed by atoms with Gasteiger partial charge in [-0.15, -0.1) is 16.9 Å². The number of nitrogens with zero attached hydrogens (tertiary/aromatic N) is 4. The first-order chi connectivity index (χ1) is 5.42. The predicted octanol–water partition coefficient (Wildman–Crippen LogP) is 0.421. The van der Waals surface area contributed by atoms with Crippen molar-refractivity contribution < 1.29 is 0 Å². The van der Waals surface area contributed by atoms with E-state index in [1.54, 1.807) is 0 Å². The highest BCUT2D eigenvalue weighted by Crippen LogP contribution is 2.22. The van der Waals surface area contributed by atoms with Gasteiger partial charge in [0.2, 0.25) is 0 Å². The second-order valence-corrected chi connectivity index (χ2v) is 2.69. The number of rotatable bonds is 1. The Bertz CT molecular complexity index is 332. The van der Waals surface area contributed by atoms with Gasteiger partial charge in [-0.25, -0.2) is 15.1 Å². The largest absolute Gasteiger partial charge is 0.240 e.